The molecule has 4 amide bonds. The molecule has 7 rings (SSSR count). The first-order valence-corrected chi connectivity index (χ1v) is 27.8. The molecule has 1 saturated heterocycles. The highest BCUT2D eigenvalue weighted by Gasteiger charge is 2.46. The van der Waals surface area contributed by atoms with Gasteiger partial charge < -0.3 is 55.2 Å². The smallest absolute Gasteiger partial charge is 0.246 e. The van der Waals surface area contributed by atoms with Crippen LogP contribution < -0.4 is 31.3 Å². The van der Waals surface area contributed by atoms with Gasteiger partial charge in [-0.1, -0.05) is 45.0 Å². The molecular formula is C54H72N8O11S2. The summed E-state index contributed by atoms with van der Waals surface area (Å²) in [5.74, 6) is -1.26. The number of sulfone groups is 1. The molecule has 2 aromatic heterocycles. The Hall–Kier alpha value is -5.81. The Morgan fingerprint density at radius 1 is 0.827 bits per heavy atom. The standard InChI is InChI=1S/C54H72N8O11S2/c1-34(55-8)50(64)61-49(53(2,3)4)52(66)62-31-37(28-44(62)51(65)60-40-15-13-35-11-9-10-12-38(35)40)59-48(63)32-72-24-23-70-20-19-69-21-22-71-25-26-73-45-30-42-39(29-47(45)75(67,68)54(5,6)7)41(17-18-56-42)58-36-14-16-46-43(27-36)57-33-74-46/h9-12,14,16-18,27,29-30,33-34,37,40,44,49,55H,13,15,19-26,28,31-32H2,1-8H3,(H,56,58)(H,59,63)(H,60,65)(H,61,64)/t34?,37-,40+,44-,49?/m0/s1. The van der Waals surface area contributed by atoms with Crippen LogP contribution in [-0.2, 0) is 54.4 Å². The molecule has 1 aliphatic carbocycles. The first kappa shape index (κ1) is 56.9. The highest BCUT2D eigenvalue weighted by Crippen LogP contribution is 2.38. The van der Waals surface area contributed by atoms with Gasteiger partial charge in [0.2, 0.25) is 23.6 Å². The zero-order chi connectivity index (χ0) is 53.9. The number of carbonyl (C=O) groups excluding carboxylic acids is 4. The van der Waals surface area contributed by atoms with Crippen LogP contribution in [0.25, 0.3) is 21.1 Å². The molecule has 5 atom stereocenters. The third kappa shape index (κ3) is 14.6. The Morgan fingerprint density at radius 2 is 1.52 bits per heavy atom. The summed E-state index contributed by atoms with van der Waals surface area (Å²) in [6, 6.07) is 15.9. The van der Waals surface area contributed by atoms with E-state index in [1.165, 1.54) is 10.5 Å². The van der Waals surface area contributed by atoms with Gasteiger partial charge in [-0.2, -0.15) is 0 Å². The first-order valence-electron chi connectivity index (χ1n) is 25.4. The van der Waals surface area contributed by atoms with E-state index in [4.69, 9.17) is 23.7 Å². The average molecular weight is 1070 g/mol. The molecule has 21 heteroatoms. The van der Waals surface area contributed by atoms with Crippen LogP contribution in [0.1, 0.15) is 78.5 Å². The Morgan fingerprint density at radius 3 is 2.21 bits per heavy atom. The molecule has 2 unspecified atom stereocenters. The highest BCUT2D eigenvalue weighted by molar-refractivity contribution is 7.92. The average Bonchev–Trinajstić information content (AvgIpc) is 4.13. The lowest BCUT2D eigenvalue weighted by Crippen LogP contribution is -2.59. The molecule has 19 nitrogen and oxygen atoms in total. The van der Waals surface area contributed by atoms with Gasteiger partial charge in [-0.05, 0) is 101 Å². The third-order valence-corrected chi connectivity index (χ3v) is 16.6. The summed E-state index contributed by atoms with van der Waals surface area (Å²) >= 11 is 1.56. The van der Waals surface area contributed by atoms with Gasteiger partial charge in [-0.25, -0.2) is 13.4 Å². The molecule has 75 heavy (non-hydrogen) atoms. The first-order chi connectivity index (χ1) is 35.7. The largest absolute Gasteiger partial charge is 0.490 e. The van der Waals surface area contributed by atoms with Crippen LogP contribution in [0.4, 0.5) is 11.4 Å². The molecule has 5 aromatic rings. The minimum absolute atomic E-state index is 0.0625. The van der Waals surface area contributed by atoms with Crippen molar-refractivity contribution in [1.29, 1.82) is 0 Å². The quantitative estimate of drug-likeness (QED) is 0.0445. The Kier molecular flexibility index (Phi) is 19.2. The molecule has 0 saturated carbocycles. The number of aryl methyl sites for hydroxylation is 1. The van der Waals surface area contributed by atoms with Crippen molar-refractivity contribution in [2.24, 2.45) is 5.41 Å². The van der Waals surface area contributed by atoms with Crippen molar-refractivity contribution in [2.75, 3.05) is 78.4 Å². The van der Waals surface area contributed by atoms with Gasteiger partial charge in [0.05, 0.1) is 84.3 Å². The van der Waals surface area contributed by atoms with Gasteiger partial charge in [-0.3, -0.25) is 24.2 Å². The topological polar surface area (TPSA) is 238 Å². The molecule has 2 aliphatic rings. The van der Waals surface area contributed by atoms with Crippen LogP contribution in [0.3, 0.4) is 0 Å². The van der Waals surface area contributed by atoms with Crippen LogP contribution in [0.2, 0.25) is 0 Å². The number of ether oxygens (including phenoxy) is 5. The van der Waals surface area contributed by atoms with Crippen molar-refractivity contribution in [3.63, 3.8) is 0 Å². The van der Waals surface area contributed by atoms with Crippen molar-refractivity contribution < 1.29 is 51.3 Å². The number of likely N-dealkylation sites (tertiary alicyclic amines) is 1. The Bertz CT molecular complexity index is 2900. The fourth-order valence-electron chi connectivity index (χ4n) is 8.93. The number of thiazole rings is 1. The molecule has 3 heterocycles. The van der Waals surface area contributed by atoms with Gasteiger partial charge in [0, 0.05) is 41.6 Å². The van der Waals surface area contributed by atoms with Crippen molar-refractivity contribution in [2.45, 2.75) is 108 Å². The summed E-state index contributed by atoms with van der Waals surface area (Å²) in [4.78, 5) is 64.9. The van der Waals surface area contributed by atoms with E-state index >= 15 is 0 Å². The number of aromatic nitrogens is 2. The number of likely N-dealkylation sites (N-methyl/N-ethyl adjacent to an activating group) is 1. The number of carbonyl (C=O) groups is 4. The number of hydrogen-bond donors (Lipinski definition) is 5. The summed E-state index contributed by atoms with van der Waals surface area (Å²) in [5.41, 5.74) is 6.28. The van der Waals surface area contributed by atoms with Gasteiger partial charge >= 0.3 is 0 Å². The second-order valence-electron chi connectivity index (χ2n) is 20.8. The maximum absolute atomic E-state index is 14.3. The summed E-state index contributed by atoms with van der Waals surface area (Å²) in [6.07, 6.45) is 3.43. The number of pyridine rings is 1. The number of nitrogens with zero attached hydrogens (tertiary/aromatic N) is 3. The maximum atomic E-state index is 14.3. The van der Waals surface area contributed by atoms with Crippen LogP contribution >= 0.6 is 11.3 Å². The van der Waals surface area contributed by atoms with E-state index in [0.717, 1.165) is 34.3 Å². The molecule has 0 spiro atoms. The van der Waals surface area contributed by atoms with Gasteiger partial charge in [0.25, 0.3) is 0 Å². The number of amides is 4. The number of benzene rings is 3. The van der Waals surface area contributed by atoms with E-state index in [1.807, 2.05) is 57.2 Å². The number of fused-ring (bicyclic) bond motifs is 3. The molecule has 0 radical (unpaired) electrons. The van der Waals surface area contributed by atoms with Crippen LogP contribution in [0.15, 0.2) is 77.3 Å². The highest BCUT2D eigenvalue weighted by atomic mass is 32.2. The van der Waals surface area contributed by atoms with E-state index in [1.54, 1.807) is 76.0 Å². The van der Waals surface area contributed by atoms with E-state index < -0.39 is 56.0 Å². The number of anilines is 2. The monoisotopic (exact) mass is 1070 g/mol. The zero-order valence-corrected chi connectivity index (χ0v) is 45.8. The van der Waals surface area contributed by atoms with E-state index in [0.29, 0.717) is 23.2 Å². The lowest BCUT2D eigenvalue weighted by molar-refractivity contribution is -0.144. The van der Waals surface area contributed by atoms with Gasteiger partial charge in [-0.15, -0.1) is 11.3 Å². The molecule has 3 aromatic carbocycles. The minimum atomic E-state index is -3.83. The Labute approximate surface area is 443 Å². The predicted molar refractivity (Wildman–Crippen MR) is 288 cm³/mol. The molecule has 5 N–H and O–H groups in total. The van der Waals surface area contributed by atoms with Crippen molar-refractivity contribution >= 4 is 77.3 Å². The minimum Gasteiger partial charge on any atom is -0.490 e. The summed E-state index contributed by atoms with van der Waals surface area (Å²) in [7, 11) is -2.17. The fourth-order valence-corrected chi connectivity index (χ4v) is 10.9. The molecule has 1 aliphatic heterocycles. The van der Waals surface area contributed by atoms with Crippen molar-refractivity contribution in [3.05, 3.63) is 83.5 Å². The SMILES string of the molecule is CNC(C)C(=O)NC(C(=O)N1C[C@@H](NC(=O)COCCOCCOCCOCCOc2cc3nccc(Nc4ccc5scnc5c4)c3cc2S(=O)(=O)C(C)(C)C)C[C@H]1C(=O)N[C@@H]1CCc2ccccc21)C(C)(C)C. The van der Waals surface area contributed by atoms with Crippen molar-refractivity contribution in [1.82, 2.24) is 36.1 Å². The van der Waals surface area contributed by atoms with Crippen LogP contribution in [-0.4, -0.2) is 149 Å². The van der Waals surface area contributed by atoms with Crippen molar-refractivity contribution in [3.8, 4) is 5.75 Å². The summed E-state index contributed by atoms with van der Waals surface area (Å²) in [6.45, 7) is 13.8. The third-order valence-electron chi connectivity index (χ3n) is 13.3. The molecule has 0 bridgehead atoms. The van der Waals surface area contributed by atoms with E-state index in [9.17, 15) is 27.6 Å². The van der Waals surface area contributed by atoms with E-state index in [2.05, 4.69) is 42.6 Å². The van der Waals surface area contributed by atoms with E-state index in [-0.39, 0.29) is 94.3 Å². The lowest BCUT2D eigenvalue weighted by atomic mass is 9.85. The lowest BCUT2D eigenvalue weighted by Gasteiger charge is -2.36. The summed E-state index contributed by atoms with van der Waals surface area (Å²) < 4.78 is 56.3. The van der Waals surface area contributed by atoms with Gasteiger partial charge in [0.15, 0.2) is 9.84 Å². The zero-order valence-electron chi connectivity index (χ0n) is 44.2. The number of nitrogens with one attached hydrogen (secondary N) is 5. The molecule has 406 valence electrons. The number of rotatable bonds is 25. The predicted octanol–water partition coefficient (Wildman–Crippen LogP) is 5.63. The normalized spacial score (nSPS) is 17.7. The Balaban J connectivity index is 0.809. The maximum Gasteiger partial charge on any atom is 0.246 e. The second-order valence-corrected chi connectivity index (χ2v) is 24.4. The van der Waals surface area contributed by atoms with Gasteiger partial charge in [0.1, 0.15) is 35.9 Å². The molecule has 1 fully saturated rings. The number of hydrogen-bond acceptors (Lipinski definition) is 16. The summed E-state index contributed by atoms with van der Waals surface area (Å²) in [5, 5.41) is 15.9. The fraction of sp³-hybridized carbons (Fsp3) is 0.519. The molecular weight excluding hydrogens is 1000 g/mol. The van der Waals surface area contributed by atoms with Crippen LogP contribution in [0, 0.1) is 5.41 Å². The second kappa shape index (κ2) is 25.4. The van der Waals surface area contributed by atoms with Crippen LogP contribution in [0.5, 0.6) is 5.75 Å².